The molecule has 0 saturated heterocycles. The molecule has 0 radical (unpaired) electrons. The molecule has 0 N–H and O–H groups in total. The molecule has 0 rings (SSSR count). The molecule has 0 bridgehead atoms. The fourth-order valence-corrected chi connectivity index (χ4v) is 0.174. The van der Waals surface area contributed by atoms with E-state index in [1.807, 2.05) is 0 Å². The molecular weight excluding hydrogens is 178 g/mol. The molecule has 0 unspecified atom stereocenters. The van der Waals surface area contributed by atoms with Gasteiger partial charge in [0, 0.05) is 11.6 Å². The maximum atomic E-state index is 10.2. The normalized spacial score (nSPS) is 5.75. The van der Waals surface area contributed by atoms with Gasteiger partial charge in [-0.25, -0.2) is 4.79 Å². The summed E-state index contributed by atoms with van der Waals surface area (Å²) in [7, 11) is 1.33. The van der Waals surface area contributed by atoms with Crippen molar-refractivity contribution in [2.24, 2.45) is 0 Å². The molecule has 0 spiro atoms. The van der Waals surface area contributed by atoms with Crippen molar-refractivity contribution in [3.05, 3.63) is 24.8 Å². The molecule has 0 amide bonds. The summed E-state index contributed by atoms with van der Waals surface area (Å²) in [6.45, 7) is 8.07. The Morgan fingerprint density at radius 1 is 1.67 bits per heavy atom. The summed E-state index contributed by atoms with van der Waals surface area (Å²) in [4.78, 5) is 10.2. The number of carbonyl (C=O) groups is 1. The van der Waals surface area contributed by atoms with E-state index >= 15 is 0 Å². The highest BCUT2D eigenvalue weighted by molar-refractivity contribution is 5.86. The van der Waals surface area contributed by atoms with E-state index in [2.05, 4.69) is 17.9 Å². The van der Waals surface area contributed by atoms with Crippen LogP contribution in [-0.2, 0) is 9.53 Å². The number of ether oxygens (including phenoxy) is 1. The van der Waals surface area contributed by atoms with E-state index in [1.165, 1.54) is 13.2 Å². The van der Waals surface area contributed by atoms with Gasteiger partial charge in [-0.2, -0.15) is 5.26 Å². The average Bonchev–Trinajstić information content (AvgIpc) is 2.03. The summed E-state index contributed by atoms with van der Waals surface area (Å²) in [6, 6.07) is 1.69. The van der Waals surface area contributed by atoms with Crippen molar-refractivity contribution in [3.63, 3.8) is 0 Å². The van der Waals surface area contributed by atoms with Crippen LogP contribution < -0.4 is 0 Å². The average molecular weight is 190 g/mol. The zero-order chi connectivity index (χ0) is 9.28. The first-order valence-electron chi connectivity index (χ1n) is 2.84. The molecule has 0 aliphatic carbocycles. The second-order valence-corrected chi connectivity index (χ2v) is 1.61. The molecule has 4 heteroatoms. The minimum Gasteiger partial charge on any atom is -0.466 e. The van der Waals surface area contributed by atoms with Gasteiger partial charge in [-0.05, 0) is 6.92 Å². The van der Waals surface area contributed by atoms with Crippen molar-refractivity contribution in [2.45, 2.75) is 6.92 Å². The van der Waals surface area contributed by atoms with Gasteiger partial charge in [0.1, 0.15) is 0 Å². The highest BCUT2D eigenvalue weighted by Gasteiger charge is 1.95. The number of rotatable bonds is 1. The number of halogens is 1. The zero-order valence-electron chi connectivity index (χ0n) is 7.16. The van der Waals surface area contributed by atoms with E-state index < -0.39 is 0 Å². The SMILES string of the molecule is C=C(C)C(=O)OC.C=CC#N.Cl. The maximum absolute atomic E-state index is 10.2. The standard InChI is InChI=1S/C5H8O2.C3H3N.ClH/c1-4(2)5(6)7-3;1-2-3-4;/h1H2,2-3H3;2H,1H2;1H. The van der Waals surface area contributed by atoms with Crippen LogP contribution >= 0.6 is 12.4 Å². The number of hydrogen-bond acceptors (Lipinski definition) is 3. The number of allylic oxidation sites excluding steroid dienone is 1. The van der Waals surface area contributed by atoms with Gasteiger partial charge in [-0.3, -0.25) is 0 Å². The van der Waals surface area contributed by atoms with Crippen molar-refractivity contribution in [1.29, 1.82) is 5.26 Å². The van der Waals surface area contributed by atoms with E-state index in [0.29, 0.717) is 5.57 Å². The van der Waals surface area contributed by atoms with Gasteiger partial charge >= 0.3 is 5.97 Å². The molecule has 0 aromatic rings. The Morgan fingerprint density at radius 2 is 2.00 bits per heavy atom. The van der Waals surface area contributed by atoms with Crippen LogP contribution in [0.1, 0.15) is 6.92 Å². The van der Waals surface area contributed by atoms with Crippen LogP contribution in [0.3, 0.4) is 0 Å². The van der Waals surface area contributed by atoms with Crippen LogP contribution in [0.15, 0.2) is 24.8 Å². The van der Waals surface area contributed by atoms with Crippen LogP contribution in [0, 0.1) is 11.3 Å². The summed E-state index contributed by atoms with van der Waals surface area (Å²) < 4.78 is 4.27. The van der Waals surface area contributed by atoms with Gasteiger partial charge in [-0.1, -0.05) is 13.2 Å². The van der Waals surface area contributed by atoms with Crippen molar-refractivity contribution in [1.82, 2.24) is 0 Å². The Kier molecular flexibility index (Phi) is 17.6. The Labute approximate surface area is 78.7 Å². The highest BCUT2D eigenvalue weighted by atomic mass is 35.5. The first-order valence-corrected chi connectivity index (χ1v) is 2.84. The molecular formula is C8H12ClNO2. The number of nitrogens with zero attached hydrogens (tertiary/aromatic N) is 1. The largest absolute Gasteiger partial charge is 0.466 e. The van der Waals surface area contributed by atoms with Gasteiger partial charge in [0.05, 0.1) is 13.2 Å². The lowest BCUT2D eigenvalue weighted by molar-refractivity contribution is -0.136. The van der Waals surface area contributed by atoms with Crippen LogP contribution in [0.5, 0.6) is 0 Å². The Hall–Kier alpha value is -1.27. The van der Waals surface area contributed by atoms with E-state index in [9.17, 15) is 4.79 Å². The zero-order valence-corrected chi connectivity index (χ0v) is 7.98. The molecule has 12 heavy (non-hydrogen) atoms. The van der Waals surface area contributed by atoms with Crippen LogP contribution in [0.25, 0.3) is 0 Å². The summed E-state index contributed by atoms with van der Waals surface area (Å²) in [5.41, 5.74) is 0.433. The third-order valence-electron chi connectivity index (χ3n) is 0.625. The maximum Gasteiger partial charge on any atom is 0.332 e. The van der Waals surface area contributed by atoms with Gasteiger partial charge < -0.3 is 4.74 Å². The van der Waals surface area contributed by atoms with E-state index in [-0.39, 0.29) is 18.4 Å². The highest BCUT2D eigenvalue weighted by Crippen LogP contribution is 1.87. The van der Waals surface area contributed by atoms with Crippen molar-refractivity contribution in [3.8, 4) is 6.07 Å². The second-order valence-electron chi connectivity index (χ2n) is 1.61. The Morgan fingerprint density at radius 3 is 2.00 bits per heavy atom. The number of nitriles is 1. The number of esters is 1. The molecule has 68 valence electrons. The monoisotopic (exact) mass is 189 g/mol. The molecule has 0 aliphatic rings. The van der Waals surface area contributed by atoms with Crippen molar-refractivity contribution < 1.29 is 9.53 Å². The lowest BCUT2D eigenvalue weighted by Gasteiger charge is -1.91. The minimum atomic E-state index is -0.347. The fraction of sp³-hybridized carbons (Fsp3) is 0.250. The lowest BCUT2D eigenvalue weighted by Crippen LogP contribution is -1.98. The van der Waals surface area contributed by atoms with Gasteiger partial charge in [0.25, 0.3) is 0 Å². The van der Waals surface area contributed by atoms with E-state index in [0.717, 1.165) is 0 Å². The summed E-state index contributed by atoms with van der Waals surface area (Å²) in [6.07, 6.45) is 1.18. The molecule has 0 aromatic heterocycles. The predicted molar refractivity (Wildman–Crippen MR) is 49.9 cm³/mol. The summed E-state index contributed by atoms with van der Waals surface area (Å²) in [5, 5.41) is 7.51. The number of hydrogen-bond donors (Lipinski definition) is 0. The first kappa shape index (κ1) is 17.0. The van der Waals surface area contributed by atoms with Crippen molar-refractivity contribution in [2.75, 3.05) is 7.11 Å². The fourth-order valence-electron chi connectivity index (χ4n) is 0.174. The predicted octanol–water partition coefficient (Wildman–Crippen LogP) is 1.85. The molecule has 3 nitrogen and oxygen atoms in total. The summed E-state index contributed by atoms with van der Waals surface area (Å²) >= 11 is 0. The Bertz CT molecular complexity index is 194. The third kappa shape index (κ3) is 15.9. The first-order chi connectivity index (χ1) is 5.09. The smallest absolute Gasteiger partial charge is 0.332 e. The van der Waals surface area contributed by atoms with Gasteiger partial charge in [0.2, 0.25) is 0 Å². The van der Waals surface area contributed by atoms with Crippen LogP contribution in [0.2, 0.25) is 0 Å². The van der Waals surface area contributed by atoms with E-state index in [1.54, 1.807) is 13.0 Å². The quantitative estimate of drug-likeness (QED) is 0.359. The van der Waals surface area contributed by atoms with Crippen LogP contribution in [-0.4, -0.2) is 13.1 Å². The Balaban J connectivity index is -0.000000142. The van der Waals surface area contributed by atoms with Gasteiger partial charge in [0.15, 0.2) is 0 Å². The third-order valence-corrected chi connectivity index (χ3v) is 0.625. The summed E-state index contributed by atoms with van der Waals surface area (Å²) in [5.74, 6) is -0.347. The molecule has 0 heterocycles. The van der Waals surface area contributed by atoms with E-state index in [4.69, 9.17) is 5.26 Å². The van der Waals surface area contributed by atoms with Gasteiger partial charge in [-0.15, -0.1) is 12.4 Å². The number of methoxy groups -OCH3 is 1. The molecule has 0 aliphatic heterocycles. The molecule has 0 aromatic carbocycles. The number of carbonyl (C=O) groups excluding carboxylic acids is 1. The van der Waals surface area contributed by atoms with Crippen molar-refractivity contribution >= 4 is 18.4 Å². The molecule has 0 atom stereocenters. The topological polar surface area (TPSA) is 50.1 Å². The second kappa shape index (κ2) is 12.4. The lowest BCUT2D eigenvalue weighted by atomic mass is 10.4. The molecule has 0 saturated carbocycles. The van der Waals surface area contributed by atoms with Crippen LogP contribution in [0.4, 0.5) is 0 Å². The molecule has 0 fully saturated rings. The minimum absolute atomic E-state index is 0.